The van der Waals surface area contributed by atoms with Gasteiger partial charge in [-0.1, -0.05) is 30.4 Å². The summed E-state index contributed by atoms with van der Waals surface area (Å²) in [5, 5.41) is 0. The van der Waals surface area contributed by atoms with Gasteiger partial charge in [-0.05, 0) is 77.6 Å². The first-order chi connectivity index (χ1) is 14.1. The minimum atomic E-state index is 0.140. The van der Waals surface area contributed by atoms with Crippen LogP contribution in [0.4, 0.5) is 5.69 Å². The SMILES string of the molecule is C=CCCC1(CCC=C)CN(Cc2cc(OC)c(OC)cc2I)c2ccccc21. The molecule has 154 valence electrons. The average molecular weight is 503 g/mol. The summed E-state index contributed by atoms with van der Waals surface area (Å²) in [6.45, 7) is 9.78. The Morgan fingerprint density at radius 2 is 1.66 bits per heavy atom. The lowest BCUT2D eigenvalue weighted by molar-refractivity contribution is 0.354. The van der Waals surface area contributed by atoms with Gasteiger partial charge in [-0.2, -0.15) is 0 Å². The van der Waals surface area contributed by atoms with E-state index in [4.69, 9.17) is 9.47 Å². The minimum Gasteiger partial charge on any atom is -0.493 e. The normalized spacial score (nSPS) is 14.4. The second-order valence-corrected chi connectivity index (χ2v) is 8.77. The maximum atomic E-state index is 5.54. The molecule has 1 aliphatic rings. The number of benzene rings is 2. The first-order valence-electron chi connectivity index (χ1n) is 10.0. The Kier molecular flexibility index (Phi) is 7.28. The molecule has 0 N–H and O–H groups in total. The Morgan fingerprint density at radius 3 is 2.28 bits per heavy atom. The number of rotatable bonds is 10. The van der Waals surface area contributed by atoms with Crippen molar-refractivity contribution in [2.45, 2.75) is 37.6 Å². The van der Waals surface area contributed by atoms with Gasteiger partial charge in [-0.15, -0.1) is 13.2 Å². The summed E-state index contributed by atoms with van der Waals surface area (Å²) in [6.07, 6.45) is 8.35. The Balaban J connectivity index is 1.97. The lowest BCUT2D eigenvalue weighted by atomic mass is 9.75. The van der Waals surface area contributed by atoms with Crippen LogP contribution in [-0.4, -0.2) is 20.8 Å². The maximum absolute atomic E-state index is 5.54. The van der Waals surface area contributed by atoms with Crippen LogP contribution >= 0.6 is 22.6 Å². The van der Waals surface area contributed by atoms with Crippen molar-refractivity contribution < 1.29 is 9.47 Å². The monoisotopic (exact) mass is 503 g/mol. The van der Waals surface area contributed by atoms with E-state index in [1.807, 2.05) is 12.2 Å². The highest BCUT2D eigenvalue weighted by Gasteiger charge is 2.41. The molecular formula is C25H30INO2. The molecule has 0 saturated heterocycles. The number of hydrogen-bond donors (Lipinski definition) is 0. The van der Waals surface area contributed by atoms with Gasteiger partial charge in [0.2, 0.25) is 0 Å². The van der Waals surface area contributed by atoms with Gasteiger partial charge in [-0.3, -0.25) is 0 Å². The molecule has 2 aromatic rings. The number of fused-ring (bicyclic) bond motifs is 1. The number of nitrogens with zero attached hydrogens (tertiary/aromatic N) is 1. The topological polar surface area (TPSA) is 21.7 Å². The molecule has 3 nitrogen and oxygen atoms in total. The van der Waals surface area contributed by atoms with Crippen LogP contribution in [0.15, 0.2) is 61.7 Å². The molecular weight excluding hydrogens is 473 g/mol. The Bertz CT molecular complexity index is 865. The average Bonchev–Trinajstić information content (AvgIpc) is 3.05. The molecule has 2 aromatic carbocycles. The van der Waals surface area contributed by atoms with Gasteiger partial charge in [0.25, 0.3) is 0 Å². The van der Waals surface area contributed by atoms with Gasteiger partial charge in [0.15, 0.2) is 11.5 Å². The summed E-state index contributed by atoms with van der Waals surface area (Å²) in [5.74, 6) is 1.55. The minimum absolute atomic E-state index is 0.140. The number of methoxy groups -OCH3 is 2. The lowest BCUT2D eigenvalue weighted by Crippen LogP contribution is -2.33. The van der Waals surface area contributed by atoms with E-state index < -0.39 is 0 Å². The van der Waals surface area contributed by atoms with Crippen molar-refractivity contribution in [2.75, 3.05) is 25.7 Å². The van der Waals surface area contributed by atoms with Crippen LogP contribution in [0.25, 0.3) is 0 Å². The van der Waals surface area contributed by atoms with E-state index in [9.17, 15) is 0 Å². The Morgan fingerprint density at radius 1 is 1.03 bits per heavy atom. The molecule has 0 bridgehead atoms. The third-order valence-electron chi connectivity index (χ3n) is 5.88. The summed E-state index contributed by atoms with van der Waals surface area (Å²) in [7, 11) is 3.37. The number of anilines is 1. The number of ether oxygens (including phenoxy) is 2. The standard InChI is InChI=1S/C25H30INO2/c1-5-7-13-25(14-8-6-2)18-27(22-12-10-9-11-20(22)25)17-19-15-23(28-3)24(29-4)16-21(19)26/h5-6,9-12,15-16H,1-2,7-8,13-14,17-18H2,3-4H3. The van der Waals surface area contributed by atoms with Crippen LogP contribution in [0, 0.1) is 3.57 Å². The van der Waals surface area contributed by atoms with Crippen LogP contribution in [0.5, 0.6) is 11.5 Å². The molecule has 4 heteroatoms. The summed E-state index contributed by atoms with van der Waals surface area (Å²) in [5.41, 5.74) is 4.19. The van der Waals surface area contributed by atoms with Crippen molar-refractivity contribution in [2.24, 2.45) is 0 Å². The smallest absolute Gasteiger partial charge is 0.161 e. The van der Waals surface area contributed by atoms with E-state index in [1.54, 1.807) is 14.2 Å². The number of hydrogen-bond acceptors (Lipinski definition) is 3. The van der Waals surface area contributed by atoms with Crippen LogP contribution in [0.1, 0.15) is 36.8 Å². The van der Waals surface area contributed by atoms with Crippen LogP contribution in [-0.2, 0) is 12.0 Å². The Hall–Kier alpha value is -1.95. The van der Waals surface area contributed by atoms with Gasteiger partial charge >= 0.3 is 0 Å². The van der Waals surface area contributed by atoms with Crippen LogP contribution in [0.2, 0.25) is 0 Å². The van der Waals surface area contributed by atoms with Crippen molar-refractivity contribution in [3.63, 3.8) is 0 Å². The predicted molar refractivity (Wildman–Crippen MR) is 130 cm³/mol. The molecule has 29 heavy (non-hydrogen) atoms. The van der Waals surface area contributed by atoms with Gasteiger partial charge in [-0.25, -0.2) is 0 Å². The molecule has 0 amide bonds. The second kappa shape index (κ2) is 9.70. The molecule has 1 heterocycles. The molecule has 3 rings (SSSR count). The summed E-state index contributed by atoms with van der Waals surface area (Å²) >= 11 is 2.39. The highest BCUT2D eigenvalue weighted by molar-refractivity contribution is 14.1. The van der Waals surface area contributed by atoms with Gasteiger partial charge in [0.05, 0.1) is 14.2 Å². The third kappa shape index (κ3) is 4.47. The lowest BCUT2D eigenvalue weighted by Gasteiger charge is -2.31. The molecule has 0 saturated carbocycles. The zero-order valence-corrected chi connectivity index (χ0v) is 19.6. The van der Waals surface area contributed by atoms with Crippen molar-refractivity contribution in [3.8, 4) is 11.5 Å². The molecule has 0 radical (unpaired) electrons. The van der Waals surface area contributed by atoms with Crippen molar-refractivity contribution in [1.82, 2.24) is 0 Å². The largest absolute Gasteiger partial charge is 0.493 e. The third-order valence-corrected chi connectivity index (χ3v) is 6.88. The molecule has 0 spiro atoms. The molecule has 0 unspecified atom stereocenters. The molecule has 0 fully saturated rings. The highest BCUT2D eigenvalue weighted by atomic mass is 127. The molecule has 0 aliphatic carbocycles. The summed E-state index contributed by atoms with van der Waals surface area (Å²) in [4.78, 5) is 2.52. The van der Waals surface area contributed by atoms with E-state index in [-0.39, 0.29) is 5.41 Å². The van der Waals surface area contributed by atoms with E-state index in [0.717, 1.165) is 50.3 Å². The highest BCUT2D eigenvalue weighted by Crippen LogP contribution is 2.47. The fourth-order valence-electron chi connectivity index (χ4n) is 4.41. The van der Waals surface area contributed by atoms with E-state index in [0.29, 0.717) is 0 Å². The first kappa shape index (κ1) is 21.8. The quantitative estimate of drug-likeness (QED) is 0.273. The van der Waals surface area contributed by atoms with E-state index in [2.05, 4.69) is 77.0 Å². The summed E-state index contributed by atoms with van der Waals surface area (Å²) in [6, 6.07) is 13.0. The van der Waals surface area contributed by atoms with Gasteiger partial charge in [0, 0.05) is 27.8 Å². The zero-order chi connectivity index (χ0) is 20.9. The Labute approximate surface area is 188 Å². The van der Waals surface area contributed by atoms with Crippen LogP contribution < -0.4 is 14.4 Å². The second-order valence-electron chi connectivity index (χ2n) is 7.61. The summed E-state index contributed by atoms with van der Waals surface area (Å²) < 4.78 is 12.2. The van der Waals surface area contributed by atoms with Gasteiger partial charge in [0.1, 0.15) is 0 Å². The predicted octanol–water partition coefficient (Wildman–Crippen LogP) is 6.50. The number of allylic oxidation sites excluding steroid dienone is 2. The maximum Gasteiger partial charge on any atom is 0.161 e. The van der Waals surface area contributed by atoms with E-state index >= 15 is 0 Å². The fourth-order valence-corrected chi connectivity index (χ4v) is 5.02. The van der Waals surface area contributed by atoms with E-state index in [1.165, 1.54) is 20.4 Å². The van der Waals surface area contributed by atoms with Crippen molar-refractivity contribution in [3.05, 3.63) is 76.4 Å². The van der Waals surface area contributed by atoms with Crippen molar-refractivity contribution in [1.29, 1.82) is 0 Å². The number of halogens is 1. The molecule has 1 aliphatic heterocycles. The zero-order valence-electron chi connectivity index (χ0n) is 17.4. The molecule has 0 aromatic heterocycles. The van der Waals surface area contributed by atoms with Crippen molar-refractivity contribution >= 4 is 28.3 Å². The number of para-hydroxylation sites is 1. The molecule has 0 atom stereocenters. The fraction of sp³-hybridized carbons (Fsp3) is 0.360. The first-order valence-corrected chi connectivity index (χ1v) is 11.1. The van der Waals surface area contributed by atoms with Gasteiger partial charge < -0.3 is 14.4 Å². The van der Waals surface area contributed by atoms with Crippen LogP contribution in [0.3, 0.4) is 0 Å².